The summed E-state index contributed by atoms with van der Waals surface area (Å²) in [4.78, 5) is 4.48. The van der Waals surface area contributed by atoms with E-state index in [4.69, 9.17) is 5.73 Å². The van der Waals surface area contributed by atoms with Gasteiger partial charge in [0.05, 0.1) is 28.0 Å². The van der Waals surface area contributed by atoms with Gasteiger partial charge in [0.15, 0.2) is 9.84 Å². The lowest BCUT2D eigenvalue weighted by molar-refractivity contribution is 0.602. The maximum atomic E-state index is 11.5. The minimum absolute atomic E-state index is 0.0254. The number of nitrogen functional groups attached to an aromatic ring is 1. The molecule has 0 spiro atoms. The van der Waals surface area contributed by atoms with Gasteiger partial charge in [-0.25, -0.2) is 8.42 Å². The van der Waals surface area contributed by atoms with Crippen LogP contribution in [0.25, 0.3) is 0 Å². The van der Waals surface area contributed by atoms with Crippen LogP contribution in [0.5, 0.6) is 0 Å². The highest BCUT2D eigenvalue weighted by atomic mass is 32.2. The lowest BCUT2D eigenvalue weighted by Gasteiger charge is -2.16. The molecule has 5 nitrogen and oxygen atoms in total. The van der Waals surface area contributed by atoms with E-state index in [1.807, 2.05) is 25.1 Å². The van der Waals surface area contributed by atoms with Crippen molar-refractivity contribution in [2.75, 3.05) is 17.3 Å². The molecule has 1 atom stereocenters. The number of hydrogen-bond acceptors (Lipinski definition) is 5. The second kappa shape index (κ2) is 5.50. The van der Waals surface area contributed by atoms with Crippen molar-refractivity contribution in [2.45, 2.75) is 17.9 Å². The number of aromatic nitrogens is 1. The molecule has 1 unspecified atom stereocenters. The summed E-state index contributed by atoms with van der Waals surface area (Å²) in [5.41, 5.74) is 7.87. The highest BCUT2D eigenvalue weighted by molar-refractivity contribution is 7.90. The van der Waals surface area contributed by atoms with E-state index in [0.717, 1.165) is 11.9 Å². The van der Waals surface area contributed by atoms with Gasteiger partial charge in [0, 0.05) is 12.5 Å². The molecule has 0 aliphatic rings. The Morgan fingerprint density at radius 2 is 2.00 bits per heavy atom. The summed E-state index contributed by atoms with van der Waals surface area (Å²) in [6.45, 7) is 1.96. The molecule has 0 aliphatic heterocycles. The molecule has 0 amide bonds. The van der Waals surface area contributed by atoms with E-state index in [1.165, 1.54) is 6.07 Å². The third-order valence-electron chi connectivity index (χ3n) is 2.95. The van der Waals surface area contributed by atoms with Crippen molar-refractivity contribution < 1.29 is 8.42 Å². The number of nitrogens with two attached hydrogens (primary N) is 1. The third-order valence-corrected chi connectivity index (χ3v) is 4.06. The summed E-state index contributed by atoms with van der Waals surface area (Å²) in [5, 5.41) is 3.22. The third kappa shape index (κ3) is 3.27. The topological polar surface area (TPSA) is 85.1 Å². The van der Waals surface area contributed by atoms with Crippen LogP contribution in [0.4, 0.5) is 11.4 Å². The Bertz CT molecular complexity index is 700. The molecule has 1 heterocycles. The fourth-order valence-electron chi connectivity index (χ4n) is 1.84. The van der Waals surface area contributed by atoms with Gasteiger partial charge >= 0.3 is 0 Å². The molecule has 2 rings (SSSR count). The summed E-state index contributed by atoms with van der Waals surface area (Å²) in [7, 11) is -3.24. The van der Waals surface area contributed by atoms with E-state index in [2.05, 4.69) is 10.3 Å². The summed E-state index contributed by atoms with van der Waals surface area (Å²) in [5.74, 6) is 0. The highest BCUT2D eigenvalue weighted by Crippen LogP contribution is 2.26. The van der Waals surface area contributed by atoms with Crippen LogP contribution >= 0.6 is 0 Å². The first kappa shape index (κ1) is 14.3. The number of sulfone groups is 1. The second-order valence-corrected chi connectivity index (χ2v) is 6.66. The van der Waals surface area contributed by atoms with Crippen molar-refractivity contribution in [3.05, 3.63) is 48.3 Å². The Hall–Kier alpha value is -2.08. The summed E-state index contributed by atoms with van der Waals surface area (Å²) < 4.78 is 22.9. The molecular weight excluding hydrogens is 274 g/mol. The van der Waals surface area contributed by atoms with Crippen LogP contribution < -0.4 is 11.1 Å². The van der Waals surface area contributed by atoms with Crippen LogP contribution in [0.3, 0.4) is 0 Å². The van der Waals surface area contributed by atoms with Crippen molar-refractivity contribution in [1.29, 1.82) is 0 Å². The zero-order valence-corrected chi connectivity index (χ0v) is 12.2. The van der Waals surface area contributed by atoms with Crippen LogP contribution in [0.1, 0.15) is 18.7 Å². The molecule has 2 aromatic rings. The van der Waals surface area contributed by atoms with Crippen LogP contribution in [-0.2, 0) is 9.84 Å². The zero-order valence-electron chi connectivity index (χ0n) is 11.4. The minimum atomic E-state index is -3.24. The molecule has 0 radical (unpaired) electrons. The summed E-state index contributed by atoms with van der Waals surface area (Å²) >= 11 is 0. The monoisotopic (exact) mass is 291 g/mol. The standard InChI is InChI=1S/C14H17N3O2S/c1-10(13-5-3-4-8-16-13)17-14-7-6-11(9-12(14)15)20(2,18)19/h3-10,17H,15H2,1-2H3. The number of anilines is 2. The van der Waals surface area contributed by atoms with E-state index in [0.29, 0.717) is 11.4 Å². The average Bonchev–Trinajstić information content (AvgIpc) is 2.41. The maximum Gasteiger partial charge on any atom is 0.175 e. The Kier molecular flexibility index (Phi) is 3.94. The van der Waals surface area contributed by atoms with Gasteiger partial charge in [0.2, 0.25) is 0 Å². The molecule has 1 aromatic carbocycles. The van der Waals surface area contributed by atoms with Gasteiger partial charge in [0.25, 0.3) is 0 Å². The summed E-state index contributed by atoms with van der Waals surface area (Å²) in [6, 6.07) is 10.3. The molecule has 0 saturated heterocycles. The molecule has 0 bridgehead atoms. The van der Waals surface area contributed by atoms with Crippen LogP contribution in [0.2, 0.25) is 0 Å². The number of nitrogens with one attached hydrogen (secondary N) is 1. The summed E-state index contributed by atoms with van der Waals surface area (Å²) in [6.07, 6.45) is 2.88. The van der Waals surface area contributed by atoms with Crippen LogP contribution in [0, 0.1) is 0 Å². The lowest BCUT2D eigenvalue weighted by Crippen LogP contribution is -2.10. The van der Waals surface area contributed by atoms with Crippen LogP contribution in [-0.4, -0.2) is 19.7 Å². The van der Waals surface area contributed by atoms with E-state index in [-0.39, 0.29) is 10.9 Å². The number of hydrogen-bond donors (Lipinski definition) is 2. The fraction of sp³-hybridized carbons (Fsp3) is 0.214. The van der Waals surface area contributed by atoms with Crippen LogP contribution in [0.15, 0.2) is 47.5 Å². The second-order valence-electron chi connectivity index (χ2n) is 4.64. The molecule has 106 valence electrons. The zero-order chi connectivity index (χ0) is 14.8. The van der Waals surface area contributed by atoms with Crippen molar-refractivity contribution in [3.8, 4) is 0 Å². The van der Waals surface area contributed by atoms with Crippen molar-refractivity contribution >= 4 is 21.2 Å². The van der Waals surface area contributed by atoms with Crippen molar-refractivity contribution in [2.24, 2.45) is 0 Å². The van der Waals surface area contributed by atoms with Crippen molar-refractivity contribution in [1.82, 2.24) is 4.98 Å². The van der Waals surface area contributed by atoms with Gasteiger partial charge in [-0.05, 0) is 37.3 Å². The molecule has 20 heavy (non-hydrogen) atoms. The molecule has 0 aliphatic carbocycles. The molecular formula is C14H17N3O2S. The first-order valence-corrected chi connectivity index (χ1v) is 8.04. The number of nitrogens with zero attached hydrogens (tertiary/aromatic N) is 1. The normalized spacial score (nSPS) is 12.9. The highest BCUT2D eigenvalue weighted by Gasteiger charge is 2.12. The largest absolute Gasteiger partial charge is 0.397 e. The number of benzene rings is 1. The van der Waals surface area contributed by atoms with E-state index in [1.54, 1.807) is 18.3 Å². The van der Waals surface area contributed by atoms with Gasteiger partial charge in [-0.2, -0.15) is 0 Å². The fourth-order valence-corrected chi connectivity index (χ4v) is 2.50. The van der Waals surface area contributed by atoms with E-state index in [9.17, 15) is 8.42 Å². The number of pyridine rings is 1. The van der Waals surface area contributed by atoms with Crippen molar-refractivity contribution in [3.63, 3.8) is 0 Å². The SMILES string of the molecule is CC(Nc1ccc(S(C)(=O)=O)cc1N)c1ccccn1. The quantitative estimate of drug-likeness (QED) is 0.844. The molecule has 6 heteroatoms. The molecule has 0 fully saturated rings. The van der Waals surface area contributed by atoms with Gasteiger partial charge in [-0.3, -0.25) is 4.98 Å². The van der Waals surface area contributed by atoms with E-state index >= 15 is 0 Å². The average molecular weight is 291 g/mol. The molecule has 0 saturated carbocycles. The Morgan fingerprint density at radius 1 is 1.25 bits per heavy atom. The predicted octanol–water partition coefficient (Wildman–Crippen LogP) is 2.24. The smallest absolute Gasteiger partial charge is 0.175 e. The maximum absolute atomic E-state index is 11.5. The first-order valence-electron chi connectivity index (χ1n) is 6.15. The predicted molar refractivity (Wildman–Crippen MR) is 80.2 cm³/mol. The Balaban J connectivity index is 2.23. The van der Waals surface area contributed by atoms with Gasteiger partial charge in [-0.15, -0.1) is 0 Å². The van der Waals surface area contributed by atoms with Gasteiger partial charge in [0.1, 0.15) is 0 Å². The van der Waals surface area contributed by atoms with E-state index < -0.39 is 9.84 Å². The lowest BCUT2D eigenvalue weighted by atomic mass is 10.2. The van der Waals surface area contributed by atoms with Gasteiger partial charge < -0.3 is 11.1 Å². The first-order chi connectivity index (χ1) is 9.38. The minimum Gasteiger partial charge on any atom is -0.397 e. The molecule has 1 aromatic heterocycles. The van der Waals surface area contributed by atoms with Gasteiger partial charge in [-0.1, -0.05) is 6.07 Å². The number of rotatable bonds is 4. The Morgan fingerprint density at radius 3 is 2.55 bits per heavy atom. The molecule has 3 N–H and O–H groups in total. The Labute approximate surface area is 118 Å².